The Kier molecular flexibility index (Phi) is 7.14. The van der Waals surface area contributed by atoms with Gasteiger partial charge in [0.25, 0.3) is 0 Å². The van der Waals surface area contributed by atoms with Gasteiger partial charge in [-0.2, -0.15) is 0 Å². The number of nitrogens with zero attached hydrogens (tertiary/aromatic N) is 2. The molecule has 2 saturated heterocycles. The van der Waals surface area contributed by atoms with Crippen molar-refractivity contribution in [3.05, 3.63) is 191 Å². The van der Waals surface area contributed by atoms with Gasteiger partial charge in [-0.3, -0.25) is 0 Å². The van der Waals surface area contributed by atoms with Gasteiger partial charge in [-0.15, -0.1) is 0 Å². The van der Waals surface area contributed by atoms with Crippen LogP contribution in [0.5, 0.6) is 5.75 Å². The highest BCUT2D eigenvalue weighted by atomic mass is 16.5. The van der Waals surface area contributed by atoms with E-state index in [-0.39, 0.29) is 0 Å². The first kappa shape index (κ1) is 33.6. The molecule has 0 aromatic heterocycles. The summed E-state index contributed by atoms with van der Waals surface area (Å²) in [4.78, 5) is 4.91. The molecule has 0 bridgehead atoms. The molecule has 0 saturated carbocycles. The summed E-state index contributed by atoms with van der Waals surface area (Å²) < 4.78 is 19.3. The van der Waals surface area contributed by atoms with E-state index < -0.39 is 11.0 Å². The van der Waals surface area contributed by atoms with Crippen molar-refractivity contribution in [2.45, 2.75) is 11.0 Å². The van der Waals surface area contributed by atoms with Crippen molar-refractivity contribution in [2.24, 2.45) is 0 Å². The van der Waals surface area contributed by atoms with Crippen LogP contribution in [0.4, 0.5) is 11.4 Å². The van der Waals surface area contributed by atoms with Crippen LogP contribution in [-0.4, -0.2) is 52.6 Å². The van der Waals surface area contributed by atoms with Gasteiger partial charge in [0.15, 0.2) is 5.60 Å². The summed E-state index contributed by atoms with van der Waals surface area (Å²) in [6, 6.07) is 54.5. The fraction of sp³-hybridized carbons (Fsp3) is 0.185. The summed E-state index contributed by atoms with van der Waals surface area (Å²) in [5, 5.41) is 7.62. The molecule has 8 aromatic carbocycles. The Morgan fingerprint density at radius 2 is 1.08 bits per heavy atom. The molecule has 3 heterocycles. The number of fused-ring (bicyclic) bond motifs is 12. The minimum Gasteiger partial charge on any atom is -0.472 e. The van der Waals surface area contributed by atoms with Crippen LogP contribution in [0.25, 0.3) is 49.5 Å². The molecule has 5 heteroatoms. The number of benzene rings is 8. The molecular weight excluding hydrogens is 725 g/mol. The fourth-order valence-corrected chi connectivity index (χ4v) is 11.4. The number of ether oxygens (including phenoxy) is 3. The maximum atomic E-state index is 7.82. The van der Waals surface area contributed by atoms with Crippen molar-refractivity contribution in [1.29, 1.82) is 0 Å². The Balaban J connectivity index is 1.11. The molecule has 1 spiro atoms. The summed E-state index contributed by atoms with van der Waals surface area (Å²) in [5.41, 5.74) is 12.4. The predicted molar refractivity (Wildman–Crippen MR) is 239 cm³/mol. The number of hydrogen-bond donors (Lipinski definition) is 0. The van der Waals surface area contributed by atoms with E-state index in [0.29, 0.717) is 0 Å². The zero-order valence-corrected chi connectivity index (χ0v) is 32.8. The topological polar surface area (TPSA) is 34.2 Å². The molecule has 5 nitrogen and oxygen atoms in total. The molecule has 59 heavy (non-hydrogen) atoms. The quantitative estimate of drug-likeness (QED) is 0.167. The molecule has 3 aliphatic heterocycles. The average molecular weight is 767 g/mol. The van der Waals surface area contributed by atoms with Crippen LogP contribution >= 0.6 is 0 Å². The highest BCUT2D eigenvalue weighted by molar-refractivity contribution is 6.19. The Morgan fingerprint density at radius 1 is 0.492 bits per heavy atom. The standard InChI is InChI=1S/C54H42N2O3/c1-2-10-37(11-3-1)53(38-18-20-39(21-19-38)55-26-30-57-31-27-55)25-24-44-51-50(41-12-4-5-13-42(41)52(44)59-53)43-23-22-40(56-28-32-58-33-29-56)34-47(43)54(51)45-14-6-8-35-16-17-36-9-7-15-46(54)49(36)48(35)45/h1-25,34H,26-33H2. The fourth-order valence-electron chi connectivity index (χ4n) is 11.4. The molecule has 1 unspecified atom stereocenters. The highest BCUT2D eigenvalue weighted by Crippen LogP contribution is 2.66. The Bertz CT molecular complexity index is 2990. The van der Waals surface area contributed by atoms with E-state index in [0.717, 1.165) is 80.4 Å². The van der Waals surface area contributed by atoms with Crippen LogP contribution in [0.15, 0.2) is 152 Å². The van der Waals surface area contributed by atoms with Crippen molar-refractivity contribution < 1.29 is 14.2 Å². The Labute approximate surface area is 343 Å². The third kappa shape index (κ3) is 4.52. The monoisotopic (exact) mass is 766 g/mol. The molecule has 2 fully saturated rings. The van der Waals surface area contributed by atoms with E-state index >= 15 is 0 Å². The minimum absolute atomic E-state index is 0.565. The molecule has 5 aliphatic rings. The van der Waals surface area contributed by atoms with Gasteiger partial charge in [-0.1, -0.05) is 127 Å². The van der Waals surface area contributed by atoms with Gasteiger partial charge in [-0.25, -0.2) is 0 Å². The Hall–Kier alpha value is -6.40. The summed E-state index contributed by atoms with van der Waals surface area (Å²) in [7, 11) is 0. The molecular formula is C54H42N2O3. The molecule has 1 atom stereocenters. The summed E-state index contributed by atoms with van der Waals surface area (Å²) >= 11 is 0. The van der Waals surface area contributed by atoms with E-state index in [1.807, 2.05) is 0 Å². The number of hydrogen-bond acceptors (Lipinski definition) is 5. The van der Waals surface area contributed by atoms with Crippen LogP contribution in [0.3, 0.4) is 0 Å². The van der Waals surface area contributed by atoms with Crippen LogP contribution in [0.2, 0.25) is 0 Å². The highest BCUT2D eigenvalue weighted by Gasteiger charge is 2.54. The zero-order chi connectivity index (χ0) is 38.7. The molecule has 2 aliphatic carbocycles. The lowest BCUT2D eigenvalue weighted by Gasteiger charge is -2.39. The van der Waals surface area contributed by atoms with Crippen LogP contribution in [0.1, 0.15) is 38.9 Å². The number of rotatable bonds is 4. The molecule has 0 N–H and O–H groups in total. The number of morpholine rings is 2. The van der Waals surface area contributed by atoms with E-state index in [2.05, 4.69) is 168 Å². The molecule has 13 rings (SSSR count). The summed E-state index contributed by atoms with van der Waals surface area (Å²) in [6.07, 6.45) is 4.75. The smallest absolute Gasteiger partial charge is 0.178 e. The largest absolute Gasteiger partial charge is 0.472 e. The van der Waals surface area contributed by atoms with Crippen LogP contribution in [0, 0.1) is 0 Å². The van der Waals surface area contributed by atoms with E-state index in [9.17, 15) is 0 Å². The maximum Gasteiger partial charge on any atom is 0.178 e. The number of anilines is 2. The second kappa shape index (κ2) is 12.6. The third-order valence-electron chi connectivity index (χ3n) is 13.9. The first-order valence-electron chi connectivity index (χ1n) is 21.1. The van der Waals surface area contributed by atoms with Crippen molar-refractivity contribution in [1.82, 2.24) is 0 Å². The second-order valence-corrected chi connectivity index (χ2v) is 16.7. The van der Waals surface area contributed by atoms with Gasteiger partial charge in [0.2, 0.25) is 0 Å². The molecule has 0 amide bonds. The lowest BCUT2D eigenvalue weighted by molar-refractivity contribution is 0.122. The molecule has 0 radical (unpaired) electrons. The van der Waals surface area contributed by atoms with Gasteiger partial charge in [0, 0.05) is 59.6 Å². The van der Waals surface area contributed by atoms with Gasteiger partial charge in [-0.05, 0) is 90.7 Å². The van der Waals surface area contributed by atoms with E-state index in [1.165, 1.54) is 71.7 Å². The first-order chi connectivity index (χ1) is 29.2. The van der Waals surface area contributed by atoms with Gasteiger partial charge in [0.1, 0.15) is 5.75 Å². The van der Waals surface area contributed by atoms with Gasteiger partial charge in [0.05, 0.1) is 31.8 Å². The van der Waals surface area contributed by atoms with Crippen LogP contribution in [-0.2, 0) is 20.5 Å². The first-order valence-corrected chi connectivity index (χ1v) is 21.1. The molecule has 8 aromatic rings. The zero-order valence-electron chi connectivity index (χ0n) is 32.8. The van der Waals surface area contributed by atoms with E-state index in [1.54, 1.807) is 0 Å². The minimum atomic E-state index is -0.852. The van der Waals surface area contributed by atoms with Crippen molar-refractivity contribution in [3.63, 3.8) is 0 Å². The summed E-state index contributed by atoms with van der Waals surface area (Å²) in [5.74, 6) is 0.929. The van der Waals surface area contributed by atoms with Crippen molar-refractivity contribution in [3.8, 4) is 16.9 Å². The van der Waals surface area contributed by atoms with E-state index in [4.69, 9.17) is 14.2 Å². The van der Waals surface area contributed by atoms with Crippen molar-refractivity contribution >= 4 is 49.8 Å². The SMILES string of the molecule is C1=CC(c2ccccc2)(c2ccc(N3CCOCC3)cc2)Oc2c1c1c(c3ccccc23)-c2ccc(N3CCOCC3)cc2C12c1cccc3ccc4cccc2c4c13. The lowest BCUT2D eigenvalue weighted by Crippen LogP contribution is -2.37. The average Bonchev–Trinajstić information content (AvgIpc) is 3.80. The van der Waals surface area contributed by atoms with Crippen molar-refractivity contribution in [2.75, 3.05) is 62.4 Å². The summed E-state index contributed by atoms with van der Waals surface area (Å²) in [6.45, 7) is 6.55. The Morgan fingerprint density at radius 3 is 1.76 bits per heavy atom. The predicted octanol–water partition coefficient (Wildman–Crippen LogP) is 10.8. The van der Waals surface area contributed by atoms with Gasteiger partial charge >= 0.3 is 0 Å². The molecule has 286 valence electrons. The second-order valence-electron chi connectivity index (χ2n) is 16.7. The normalized spacial score (nSPS) is 19.7. The maximum absolute atomic E-state index is 7.82. The third-order valence-corrected chi connectivity index (χ3v) is 13.9. The lowest BCUT2D eigenvalue weighted by atomic mass is 9.68. The van der Waals surface area contributed by atoms with Gasteiger partial charge < -0.3 is 24.0 Å². The van der Waals surface area contributed by atoms with Crippen LogP contribution < -0.4 is 14.5 Å².